The van der Waals surface area contributed by atoms with E-state index in [1.165, 1.54) is 5.56 Å². The molecule has 1 amide bonds. The van der Waals surface area contributed by atoms with Gasteiger partial charge in [-0.1, -0.05) is 31.5 Å². The minimum atomic E-state index is -0.367. The summed E-state index contributed by atoms with van der Waals surface area (Å²) in [4.78, 5) is 14.2. The third kappa shape index (κ3) is 2.20. The number of anilines is 1. The Kier molecular flexibility index (Phi) is 3.48. The Morgan fingerprint density at radius 1 is 1.53 bits per heavy atom. The molecule has 2 unspecified atom stereocenters. The van der Waals surface area contributed by atoms with Crippen molar-refractivity contribution < 1.29 is 4.79 Å². The molecule has 0 saturated heterocycles. The zero-order chi connectivity index (χ0) is 12.4. The van der Waals surface area contributed by atoms with Gasteiger partial charge in [0.1, 0.15) is 0 Å². The summed E-state index contributed by atoms with van der Waals surface area (Å²) in [5, 5.41) is 0. The SMILES string of the molecule is CCCC(N)C(=O)N1c2ccccc2CC1C. The number of hydrogen-bond donors (Lipinski definition) is 1. The number of amides is 1. The van der Waals surface area contributed by atoms with Crippen LogP contribution in [-0.2, 0) is 11.2 Å². The summed E-state index contributed by atoms with van der Waals surface area (Å²) in [5.41, 5.74) is 8.22. The predicted molar refractivity (Wildman–Crippen MR) is 70.0 cm³/mol. The number of benzene rings is 1. The lowest BCUT2D eigenvalue weighted by molar-refractivity contribution is -0.120. The zero-order valence-electron chi connectivity index (χ0n) is 10.5. The average molecular weight is 232 g/mol. The first-order valence-electron chi connectivity index (χ1n) is 6.31. The van der Waals surface area contributed by atoms with E-state index in [0.29, 0.717) is 0 Å². The third-order valence-corrected chi connectivity index (χ3v) is 3.36. The summed E-state index contributed by atoms with van der Waals surface area (Å²) in [5.74, 6) is 0.0595. The van der Waals surface area contributed by atoms with Crippen LogP contribution in [0.15, 0.2) is 24.3 Å². The van der Waals surface area contributed by atoms with Gasteiger partial charge < -0.3 is 10.6 Å². The Balaban J connectivity index is 2.24. The minimum Gasteiger partial charge on any atom is -0.320 e. The van der Waals surface area contributed by atoms with Crippen LogP contribution < -0.4 is 10.6 Å². The molecule has 0 radical (unpaired) electrons. The van der Waals surface area contributed by atoms with Gasteiger partial charge in [0.05, 0.1) is 6.04 Å². The second-order valence-corrected chi connectivity index (χ2v) is 4.79. The van der Waals surface area contributed by atoms with Crippen LogP contribution in [0, 0.1) is 0 Å². The van der Waals surface area contributed by atoms with E-state index >= 15 is 0 Å². The number of fused-ring (bicyclic) bond motifs is 1. The molecule has 1 heterocycles. The molecule has 3 heteroatoms. The Bertz CT molecular complexity index is 416. The molecule has 0 bridgehead atoms. The van der Waals surface area contributed by atoms with Gasteiger partial charge in [-0.2, -0.15) is 0 Å². The number of nitrogens with two attached hydrogens (primary N) is 1. The fourth-order valence-corrected chi connectivity index (χ4v) is 2.51. The van der Waals surface area contributed by atoms with Crippen LogP contribution in [0.4, 0.5) is 5.69 Å². The lowest BCUT2D eigenvalue weighted by atomic mass is 10.1. The molecule has 2 N–H and O–H groups in total. The van der Waals surface area contributed by atoms with Gasteiger partial charge in [-0.05, 0) is 31.4 Å². The van der Waals surface area contributed by atoms with Crippen molar-refractivity contribution in [3.63, 3.8) is 0 Å². The smallest absolute Gasteiger partial charge is 0.244 e. The molecule has 17 heavy (non-hydrogen) atoms. The van der Waals surface area contributed by atoms with E-state index in [4.69, 9.17) is 5.73 Å². The van der Waals surface area contributed by atoms with Crippen LogP contribution in [0.1, 0.15) is 32.3 Å². The molecule has 1 aliphatic rings. The molecule has 0 saturated carbocycles. The van der Waals surface area contributed by atoms with E-state index in [1.54, 1.807) is 0 Å². The molecule has 2 atom stereocenters. The number of nitrogens with zero attached hydrogens (tertiary/aromatic N) is 1. The van der Waals surface area contributed by atoms with Crippen molar-refractivity contribution in [2.75, 3.05) is 4.90 Å². The highest BCUT2D eigenvalue weighted by Crippen LogP contribution is 2.32. The maximum atomic E-state index is 12.3. The molecule has 3 nitrogen and oxygen atoms in total. The largest absolute Gasteiger partial charge is 0.320 e. The molecule has 0 aliphatic carbocycles. The van der Waals surface area contributed by atoms with Crippen LogP contribution in [0.5, 0.6) is 0 Å². The molecule has 1 aliphatic heterocycles. The first-order chi connectivity index (χ1) is 8.15. The molecule has 92 valence electrons. The first-order valence-corrected chi connectivity index (χ1v) is 6.31. The number of para-hydroxylation sites is 1. The highest BCUT2D eigenvalue weighted by atomic mass is 16.2. The van der Waals surface area contributed by atoms with Crippen molar-refractivity contribution in [1.29, 1.82) is 0 Å². The lowest BCUT2D eigenvalue weighted by Gasteiger charge is -2.25. The summed E-state index contributed by atoms with van der Waals surface area (Å²) < 4.78 is 0. The van der Waals surface area contributed by atoms with Gasteiger partial charge in [-0.15, -0.1) is 0 Å². The summed E-state index contributed by atoms with van der Waals surface area (Å²) in [6.45, 7) is 4.13. The quantitative estimate of drug-likeness (QED) is 0.867. The molecule has 0 aromatic heterocycles. The van der Waals surface area contributed by atoms with Gasteiger partial charge in [0.25, 0.3) is 0 Å². The molecule has 2 rings (SSSR count). The highest BCUT2D eigenvalue weighted by Gasteiger charge is 2.32. The van der Waals surface area contributed by atoms with Gasteiger partial charge in [0.15, 0.2) is 0 Å². The Morgan fingerprint density at radius 3 is 2.94 bits per heavy atom. The molecular weight excluding hydrogens is 212 g/mol. The second-order valence-electron chi connectivity index (χ2n) is 4.79. The normalized spacial score (nSPS) is 20.2. The first kappa shape index (κ1) is 12.1. The Hall–Kier alpha value is -1.35. The second kappa shape index (κ2) is 4.88. The summed E-state index contributed by atoms with van der Waals surface area (Å²) >= 11 is 0. The van der Waals surface area contributed by atoms with Crippen LogP contribution in [0.25, 0.3) is 0 Å². The van der Waals surface area contributed by atoms with E-state index < -0.39 is 0 Å². The number of rotatable bonds is 3. The third-order valence-electron chi connectivity index (χ3n) is 3.36. The van der Waals surface area contributed by atoms with E-state index in [9.17, 15) is 4.79 Å². The molecule has 0 fully saturated rings. The molecular formula is C14H20N2O. The minimum absolute atomic E-state index is 0.0595. The maximum Gasteiger partial charge on any atom is 0.244 e. The van der Waals surface area contributed by atoms with Crippen molar-refractivity contribution >= 4 is 11.6 Å². The molecule has 1 aromatic rings. The Morgan fingerprint density at radius 2 is 2.24 bits per heavy atom. The lowest BCUT2D eigenvalue weighted by Crippen LogP contribution is -2.46. The van der Waals surface area contributed by atoms with Gasteiger partial charge in [0, 0.05) is 11.7 Å². The average Bonchev–Trinajstić information content (AvgIpc) is 2.64. The number of carbonyl (C=O) groups is 1. The number of carbonyl (C=O) groups excluding carboxylic acids is 1. The van der Waals surface area contributed by atoms with Crippen molar-refractivity contribution in [3.8, 4) is 0 Å². The van der Waals surface area contributed by atoms with Crippen molar-refractivity contribution in [3.05, 3.63) is 29.8 Å². The monoisotopic (exact) mass is 232 g/mol. The van der Waals surface area contributed by atoms with Crippen LogP contribution in [-0.4, -0.2) is 18.0 Å². The fourth-order valence-electron chi connectivity index (χ4n) is 2.51. The Labute approximate surface area is 103 Å². The highest BCUT2D eigenvalue weighted by molar-refractivity contribution is 5.99. The van der Waals surface area contributed by atoms with E-state index in [1.807, 2.05) is 23.1 Å². The van der Waals surface area contributed by atoms with E-state index in [-0.39, 0.29) is 18.0 Å². The van der Waals surface area contributed by atoms with Gasteiger partial charge in [0.2, 0.25) is 5.91 Å². The molecule has 0 spiro atoms. The van der Waals surface area contributed by atoms with Crippen molar-refractivity contribution in [2.45, 2.75) is 45.2 Å². The maximum absolute atomic E-state index is 12.3. The molecule has 1 aromatic carbocycles. The summed E-state index contributed by atoms with van der Waals surface area (Å²) in [6.07, 6.45) is 2.63. The van der Waals surface area contributed by atoms with Crippen molar-refractivity contribution in [1.82, 2.24) is 0 Å². The fraction of sp³-hybridized carbons (Fsp3) is 0.500. The van der Waals surface area contributed by atoms with Crippen LogP contribution in [0.2, 0.25) is 0 Å². The van der Waals surface area contributed by atoms with E-state index in [2.05, 4.69) is 19.9 Å². The van der Waals surface area contributed by atoms with Gasteiger partial charge in [-0.3, -0.25) is 4.79 Å². The standard InChI is InChI=1S/C14H20N2O/c1-3-6-12(15)14(17)16-10(2)9-11-7-4-5-8-13(11)16/h4-5,7-8,10,12H,3,6,9,15H2,1-2H3. The summed E-state index contributed by atoms with van der Waals surface area (Å²) in [6, 6.07) is 7.95. The van der Waals surface area contributed by atoms with Crippen LogP contribution >= 0.6 is 0 Å². The van der Waals surface area contributed by atoms with E-state index in [0.717, 1.165) is 24.9 Å². The van der Waals surface area contributed by atoms with Crippen LogP contribution in [0.3, 0.4) is 0 Å². The zero-order valence-corrected chi connectivity index (χ0v) is 10.5. The van der Waals surface area contributed by atoms with Crippen molar-refractivity contribution in [2.24, 2.45) is 5.73 Å². The predicted octanol–water partition coefficient (Wildman–Crippen LogP) is 2.09. The number of hydrogen-bond acceptors (Lipinski definition) is 2. The van der Waals surface area contributed by atoms with Gasteiger partial charge >= 0.3 is 0 Å². The summed E-state index contributed by atoms with van der Waals surface area (Å²) in [7, 11) is 0. The van der Waals surface area contributed by atoms with Gasteiger partial charge in [-0.25, -0.2) is 0 Å². The topological polar surface area (TPSA) is 46.3 Å².